The molecule has 0 N–H and O–H groups in total. The fraction of sp³-hybridized carbons (Fsp3) is 0.143. The maximum atomic E-state index is 6.16. The number of rotatable bonds is 4. The molecule has 0 aliphatic heterocycles. The third-order valence-electron chi connectivity index (χ3n) is 2.36. The van der Waals surface area contributed by atoms with Crippen LogP contribution in [0, 0.1) is 0 Å². The van der Waals surface area contributed by atoms with Crippen molar-refractivity contribution >= 4 is 11.6 Å². The Morgan fingerprint density at radius 1 is 0.882 bits per heavy atom. The van der Waals surface area contributed by atoms with E-state index in [0.717, 1.165) is 17.1 Å². The van der Waals surface area contributed by atoms with E-state index in [4.69, 9.17) is 21.1 Å². The molecular weight excluding hydrogens is 236 g/mol. The summed E-state index contributed by atoms with van der Waals surface area (Å²) in [7, 11) is 1.63. The Hall–Kier alpha value is -1.67. The van der Waals surface area contributed by atoms with E-state index in [1.54, 1.807) is 7.11 Å². The number of hydrogen-bond donors (Lipinski definition) is 0. The predicted octanol–water partition coefficient (Wildman–Crippen LogP) is 4.01. The first kappa shape index (κ1) is 11.8. The van der Waals surface area contributed by atoms with Crippen molar-refractivity contribution in [2.24, 2.45) is 0 Å². The summed E-state index contributed by atoms with van der Waals surface area (Å²) in [6, 6.07) is 17.0. The Morgan fingerprint density at radius 3 is 2.06 bits per heavy atom. The van der Waals surface area contributed by atoms with Gasteiger partial charge in [-0.3, -0.25) is 0 Å². The zero-order chi connectivity index (χ0) is 12.1. The summed E-state index contributed by atoms with van der Waals surface area (Å²) in [6.07, 6.45) is 0. The highest BCUT2D eigenvalue weighted by molar-refractivity contribution is 6.20. The second-order valence-corrected chi connectivity index (χ2v) is 3.92. The summed E-state index contributed by atoms with van der Waals surface area (Å²) in [5.74, 6) is 1.51. The van der Waals surface area contributed by atoms with Crippen LogP contribution in [0.25, 0.3) is 0 Å². The maximum Gasteiger partial charge on any atom is 0.197 e. The lowest BCUT2D eigenvalue weighted by Crippen LogP contribution is -1.99. The summed E-state index contributed by atoms with van der Waals surface area (Å²) >= 11 is 6.16. The van der Waals surface area contributed by atoms with Gasteiger partial charge in [0, 0.05) is 5.56 Å². The van der Waals surface area contributed by atoms with Crippen molar-refractivity contribution < 1.29 is 9.47 Å². The van der Waals surface area contributed by atoms with Crippen molar-refractivity contribution in [1.29, 1.82) is 0 Å². The smallest absolute Gasteiger partial charge is 0.197 e. The largest absolute Gasteiger partial charge is 0.497 e. The van der Waals surface area contributed by atoms with Crippen molar-refractivity contribution in [2.75, 3.05) is 7.11 Å². The third-order valence-corrected chi connectivity index (χ3v) is 2.70. The van der Waals surface area contributed by atoms with Crippen LogP contribution in [0.3, 0.4) is 0 Å². The molecule has 2 aromatic carbocycles. The molecule has 0 aromatic heterocycles. The first-order chi connectivity index (χ1) is 8.29. The lowest BCUT2D eigenvalue weighted by Gasteiger charge is -2.13. The van der Waals surface area contributed by atoms with Crippen LogP contribution >= 0.6 is 11.6 Å². The van der Waals surface area contributed by atoms with Crippen LogP contribution in [0.1, 0.15) is 11.1 Å². The highest BCUT2D eigenvalue weighted by Gasteiger charge is 2.08. The Bertz CT molecular complexity index is 453. The molecule has 0 saturated carbocycles. The minimum Gasteiger partial charge on any atom is -0.497 e. The molecule has 0 aliphatic rings. The van der Waals surface area contributed by atoms with Crippen molar-refractivity contribution in [1.82, 2.24) is 0 Å². The highest BCUT2D eigenvalue weighted by Crippen LogP contribution is 2.26. The van der Waals surface area contributed by atoms with Gasteiger partial charge in [0.05, 0.1) is 7.11 Å². The molecule has 3 heteroatoms. The zero-order valence-corrected chi connectivity index (χ0v) is 10.2. The van der Waals surface area contributed by atoms with E-state index in [2.05, 4.69) is 0 Å². The minimum absolute atomic E-state index is 0.482. The van der Waals surface area contributed by atoms with Gasteiger partial charge in [-0.2, -0.15) is 0 Å². The summed E-state index contributed by atoms with van der Waals surface area (Å²) in [4.78, 5) is 0. The van der Waals surface area contributed by atoms with Crippen LogP contribution in [0.2, 0.25) is 0 Å². The van der Waals surface area contributed by atoms with Gasteiger partial charge in [-0.05, 0) is 24.3 Å². The number of methoxy groups -OCH3 is 1. The summed E-state index contributed by atoms with van der Waals surface area (Å²) in [5, 5.41) is 0. The predicted molar refractivity (Wildman–Crippen MR) is 68.7 cm³/mol. The summed E-state index contributed by atoms with van der Waals surface area (Å²) < 4.78 is 10.7. The number of halogens is 1. The number of ether oxygens (including phenoxy) is 2. The van der Waals surface area contributed by atoms with Gasteiger partial charge >= 0.3 is 0 Å². The standard InChI is InChI=1S/C14H13ClO2/c1-16-12-7-9-13(10-8-12)17-14(15)11-5-3-2-4-6-11/h2-10,14H,1H3. The quantitative estimate of drug-likeness (QED) is 0.761. The topological polar surface area (TPSA) is 18.5 Å². The fourth-order valence-corrected chi connectivity index (χ4v) is 1.69. The Kier molecular flexibility index (Phi) is 3.89. The molecule has 1 atom stereocenters. The first-order valence-corrected chi connectivity index (χ1v) is 5.73. The summed E-state index contributed by atoms with van der Waals surface area (Å²) in [5.41, 5.74) is 0.453. The van der Waals surface area contributed by atoms with Crippen LogP contribution in [-0.4, -0.2) is 7.11 Å². The van der Waals surface area contributed by atoms with Gasteiger partial charge in [0.1, 0.15) is 11.5 Å². The van der Waals surface area contributed by atoms with E-state index in [-0.39, 0.29) is 0 Å². The van der Waals surface area contributed by atoms with E-state index >= 15 is 0 Å². The first-order valence-electron chi connectivity index (χ1n) is 5.29. The molecule has 0 heterocycles. The molecule has 0 spiro atoms. The molecule has 0 fully saturated rings. The van der Waals surface area contributed by atoms with Crippen molar-refractivity contribution in [3.05, 3.63) is 60.2 Å². The van der Waals surface area contributed by atoms with Crippen molar-refractivity contribution in [3.63, 3.8) is 0 Å². The van der Waals surface area contributed by atoms with E-state index in [1.807, 2.05) is 54.6 Å². The monoisotopic (exact) mass is 248 g/mol. The lowest BCUT2D eigenvalue weighted by atomic mass is 10.2. The molecule has 0 amide bonds. The average Bonchev–Trinajstić information content (AvgIpc) is 2.40. The van der Waals surface area contributed by atoms with Gasteiger partial charge in [-0.15, -0.1) is 0 Å². The molecule has 0 bridgehead atoms. The molecule has 17 heavy (non-hydrogen) atoms. The fourth-order valence-electron chi connectivity index (χ4n) is 1.45. The Morgan fingerprint density at radius 2 is 1.47 bits per heavy atom. The second-order valence-electron chi connectivity index (χ2n) is 3.52. The van der Waals surface area contributed by atoms with Crippen LogP contribution in [0.4, 0.5) is 0 Å². The van der Waals surface area contributed by atoms with Gasteiger partial charge in [0.25, 0.3) is 0 Å². The third kappa shape index (κ3) is 3.14. The molecule has 2 aromatic rings. The van der Waals surface area contributed by atoms with Gasteiger partial charge < -0.3 is 9.47 Å². The molecule has 0 radical (unpaired) electrons. The Balaban J connectivity index is 2.05. The molecule has 0 aliphatic carbocycles. The van der Waals surface area contributed by atoms with Crippen LogP contribution in [-0.2, 0) is 0 Å². The summed E-state index contributed by atoms with van der Waals surface area (Å²) in [6.45, 7) is 0. The van der Waals surface area contributed by atoms with Crippen molar-refractivity contribution in [2.45, 2.75) is 5.56 Å². The molecule has 88 valence electrons. The number of alkyl halides is 1. The molecule has 2 rings (SSSR count). The van der Waals surface area contributed by atoms with Crippen LogP contribution in [0.5, 0.6) is 11.5 Å². The maximum absolute atomic E-state index is 6.16. The SMILES string of the molecule is COc1ccc(OC(Cl)c2ccccc2)cc1. The highest BCUT2D eigenvalue weighted by atomic mass is 35.5. The number of hydrogen-bond acceptors (Lipinski definition) is 2. The zero-order valence-electron chi connectivity index (χ0n) is 9.47. The van der Waals surface area contributed by atoms with Gasteiger partial charge in [0.15, 0.2) is 5.56 Å². The Labute approximate surface area is 106 Å². The van der Waals surface area contributed by atoms with Gasteiger partial charge in [-0.1, -0.05) is 41.9 Å². The molecule has 1 unspecified atom stereocenters. The van der Waals surface area contributed by atoms with Crippen LogP contribution in [0.15, 0.2) is 54.6 Å². The molecule has 2 nitrogen and oxygen atoms in total. The second kappa shape index (κ2) is 5.60. The lowest BCUT2D eigenvalue weighted by molar-refractivity contribution is 0.287. The van der Waals surface area contributed by atoms with E-state index in [0.29, 0.717) is 0 Å². The average molecular weight is 249 g/mol. The minimum atomic E-state index is -0.482. The molecular formula is C14H13ClO2. The van der Waals surface area contributed by atoms with E-state index in [1.165, 1.54) is 0 Å². The van der Waals surface area contributed by atoms with Crippen LogP contribution < -0.4 is 9.47 Å². The van der Waals surface area contributed by atoms with Gasteiger partial charge in [0.2, 0.25) is 0 Å². The van der Waals surface area contributed by atoms with E-state index in [9.17, 15) is 0 Å². The normalized spacial score (nSPS) is 11.9. The number of benzene rings is 2. The molecule has 0 saturated heterocycles. The van der Waals surface area contributed by atoms with Gasteiger partial charge in [-0.25, -0.2) is 0 Å². The van der Waals surface area contributed by atoms with E-state index < -0.39 is 5.56 Å². The van der Waals surface area contributed by atoms with Crippen molar-refractivity contribution in [3.8, 4) is 11.5 Å².